The van der Waals surface area contributed by atoms with Gasteiger partial charge in [0.2, 0.25) is 0 Å². The number of anilines is 2. The van der Waals surface area contributed by atoms with E-state index in [0.717, 1.165) is 35.7 Å². The van der Waals surface area contributed by atoms with Gasteiger partial charge in [0.25, 0.3) is 0 Å². The molecule has 0 heterocycles. The predicted molar refractivity (Wildman–Crippen MR) is 136 cm³/mol. The number of nitrogens with two attached hydrogens (primary N) is 2. The molecule has 3 aromatic carbocycles. The monoisotopic (exact) mass is 419 g/mol. The van der Waals surface area contributed by atoms with Crippen LogP contribution in [0.25, 0.3) is 0 Å². The first kappa shape index (κ1) is 22.0. The summed E-state index contributed by atoms with van der Waals surface area (Å²) in [4.78, 5) is 1.13. The molecular formula is C26H33N3S. The highest BCUT2D eigenvalue weighted by Gasteiger charge is 2.23. The van der Waals surface area contributed by atoms with Gasteiger partial charge in [-0.05, 0) is 72.9 Å². The van der Waals surface area contributed by atoms with Gasteiger partial charge >= 0.3 is 0 Å². The van der Waals surface area contributed by atoms with Gasteiger partial charge in [0.1, 0.15) is 0 Å². The normalized spacial score (nSPS) is 12.8. The number of nitrogen functional groups attached to an aromatic ring is 2. The summed E-state index contributed by atoms with van der Waals surface area (Å²) in [5, 5.41) is 0. The lowest BCUT2D eigenvalue weighted by molar-refractivity contribution is 0.331. The van der Waals surface area contributed by atoms with Gasteiger partial charge in [-0.1, -0.05) is 55.1 Å². The molecule has 0 aromatic heterocycles. The minimum absolute atomic E-state index is 0.302. The van der Waals surface area contributed by atoms with E-state index in [1.165, 1.54) is 16.7 Å². The van der Waals surface area contributed by atoms with Crippen molar-refractivity contribution >= 4 is 32.5 Å². The first-order chi connectivity index (χ1) is 14.3. The van der Waals surface area contributed by atoms with E-state index in [-0.39, 0.29) is 0 Å². The summed E-state index contributed by atoms with van der Waals surface area (Å²) in [6.07, 6.45) is 1.96. The molecule has 0 saturated heterocycles. The molecule has 158 valence electrons. The van der Waals surface area contributed by atoms with E-state index in [1.54, 1.807) is 0 Å². The Morgan fingerprint density at radius 2 is 1.53 bits per heavy atom. The van der Waals surface area contributed by atoms with E-state index >= 15 is 0 Å². The zero-order chi connectivity index (χ0) is 21.7. The fourth-order valence-electron chi connectivity index (χ4n) is 3.76. The molecule has 3 aromatic rings. The van der Waals surface area contributed by atoms with Crippen molar-refractivity contribution in [2.24, 2.45) is 0 Å². The van der Waals surface area contributed by atoms with Crippen LogP contribution in [0.5, 0.6) is 0 Å². The van der Waals surface area contributed by atoms with E-state index in [2.05, 4.69) is 84.5 Å². The van der Waals surface area contributed by atoms with E-state index in [4.69, 9.17) is 11.5 Å². The van der Waals surface area contributed by atoms with Crippen molar-refractivity contribution in [3.05, 3.63) is 89.5 Å². The molecule has 0 fully saturated rings. The zero-order valence-corrected chi connectivity index (χ0v) is 18.9. The third-order valence-corrected chi connectivity index (χ3v) is 8.13. The van der Waals surface area contributed by atoms with E-state index in [9.17, 15) is 0 Å². The van der Waals surface area contributed by atoms with Crippen molar-refractivity contribution in [3.63, 3.8) is 0 Å². The number of aryl methyl sites for hydroxylation is 1. The number of hydrogen-bond donors (Lipinski definition) is 2. The van der Waals surface area contributed by atoms with Crippen LogP contribution in [0.4, 0.5) is 11.4 Å². The lowest BCUT2D eigenvalue weighted by Gasteiger charge is -2.38. The Labute approximate surface area is 182 Å². The topological polar surface area (TPSA) is 55.3 Å². The Bertz CT molecular complexity index is 1070. The van der Waals surface area contributed by atoms with Gasteiger partial charge < -0.3 is 11.5 Å². The zero-order valence-electron chi connectivity index (χ0n) is 18.1. The molecule has 1 atom stereocenters. The van der Waals surface area contributed by atoms with Crippen LogP contribution in [0, 0.1) is 6.92 Å². The first-order valence-corrected chi connectivity index (χ1v) is 12.2. The molecule has 3 nitrogen and oxygen atoms in total. The van der Waals surface area contributed by atoms with Crippen LogP contribution in [0.1, 0.15) is 30.0 Å². The van der Waals surface area contributed by atoms with Crippen LogP contribution in [0.3, 0.4) is 0 Å². The smallest absolute Gasteiger partial charge is 0.0341 e. The van der Waals surface area contributed by atoms with Gasteiger partial charge in [0.05, 0.1) is 0 Å². The Morgan fingerprint density at radius 1 is 0.900 bits per heavy atom. The average molecular weight is 420 g/mol. The molecule has 0 aliphatic rings. The third-order valence-electron chi connectivity index (χ3n) is 5.66. The maximum Gasteiger partial charge on any atom is 0.0341 e. The van der Waals surface area contributed by atoms with Gasteiger partial charge in [0.15, 0.2) is 0 Å². The van der Waals surface area contributed by atoms with Gasteiger partial charge in [-0.25, -0.2) is 0 Å². The molecule has 0 amide bonds. The summed E-state index contributed by atoms with van der Waals surface area (Å²) in [6, 6.07) is 25.1. The Balaban J connectivity index is 2.04. The molecule has 0 saturated carbocycles. The largest absolute Gasteiger partial charge is 0.399 e. The SMILES string of the molecule is C=S(=C)(c1ccc(N)cc1)N(Cc1cc(N)ccc1C)[C@@H](CC)Cc1ccccc1. The molecule has 0 aliphatic heterocycles. The Morgan fingerprint density at radius 3 is 2.17 bits per heavy atom. The fraction of sp³-hybridized carbons (Fsp3) is 0.231. The number of nitrogens with zero attached hydrogens (tertiary/aromatic N) is 1. The maximum atomic E-state index is 6.12. The van der Waals surface area contributed by atoms with Crippen LogP contribution >= 0.6 is 9.39 Å². The highest BCUT2D eigenvalue weighted by molar-refractivity contribution is 8.25. The molecule has 0 unspecified atom stereocenters. The van der Waals surface area contributed by atoms with Crippen LogP contribution in [-0.4, -0.2) is 22.1 Å². The predicted octanol–water partition coefficient (Wildman–Crippen LogP) is 5.63. The van der Waals surface area contributed by atoms with E-state index in [1.807, 2.05) is 18.2 Å². The van der Waals surface area contributed by atoms with Gasteiger partial charge in [-0.15, -0.1) is 9.39 Å². The Hall–Kier alpha value is -2.69. The van der Waals surface area contributed by atoms with Crippen molar-refractivity contribution in [1.82, 2.24) is 4.31 Å². The molecule has 0 aliphatic carbocycles. The molecule has 0 radical (unpaired) electrons. The van der Waals surface area contributed by atoms with Crippen LogP contribution in [0.2, 0.25) is 0 Å². The first-order valence-electron chi connectivity index (χ1n) is 10.3. The highest BCUT2D eigenvalue weighted by Crippen LogP contribution is 2.41. The Kier molecular flexibility index (Phi) is 6.91. The average Bonchev–Trinajstić information content (AvgIpc) is 2.74. The molecule has 0 spiro atoms. The third kappa shape index (κ3) is 5.07. The minimum Gasteiger partial charge on any atom is -0.399 e. The lowest BCUT2D eigenvalue weighted by atomic mass is 10.0. The highest BCUT2D eigenvalue weighted by atomic mass is 32.2. The van der Waals surface area contributed by atoms with Crippen molar-refractivity contribution < 1.29 is 0 Å². The minimum atomic E-state index is -1.74. The number of benzene rings is 3. The van der Waals surface area contributed by atoms with Crippen molar-refractivity contribution in [3.8, 4) is 0 Å². The number of hydrogen-bond acceptors (Lipinski definition) is 3. The molecule has 30 heavy (non-hydrogen) atoms. The second-order valence-electron chi connectivity index (χ2n) is 7.92. The van der Waals surface area contributed by atoms with E-state index in [0.29, 0.717) is 6.04 Å². The van der Waals surface area contributed by atoms with Crippen LogP contribution in [0.15, 0.2) is 77.7 Å². The summed E-state index contributed by atoms with van der Waals surface area (Å²) in [6.45, 7) is 5.14. The summed E-state index contributed by atoms with van der Waals surface area (Å²) in [5.41, 5.74) is 17.4. The standard InChI is InChI=1S/C26H33N3S/c1-5-25(17-21-9-7-6-8-10-21)29(19-22-18-24(28)12-11-20(22)2)30(3,4)26-15-13-23(27)14-16-26/h6-16,18,25H,3-5,17,19,27-28H2,1-2H3/t25-/m0/s1. The van der Waals surface area contributed by atoms with Crippen molar-refractivity contribution in [2.75, 3.05) is 11.5 Å². The van der Waals surface area contributed by atoms with Crippen LogP contribution in [-0.2, 0) is 13.0 Å². The molecule has 0 bridgehead atoms. The summed E-state index contributed by atoms with van der Waals surface area (Å²) < 4.78 is 2.49. The van der Waals surface area contributed by atoms with Crippen LogP contribution < -0.4 is 11.5 Å². The lowest BCUT2D eigenvalue weighted by Crippen LogP contribution is -2.34. The molecule has 4 N–H and O–H groups in total. The quantitative estimate of drug-likeness (QED) is 0.368. The molecule has 4 heteroatoms. The summed E-state index contributed by atoms with van der Waals surface area (Å²) >= 11 is 0. The summed E-state index contributed by atoms with van der Waals surface area (Å²) in [5.74, 6) is 9.31. The van der Waals surface area contributed by atoms with Gasteiger partial charge in [-0.2, -0.15) is 0 Å². The van der Waals surface area contributed by atoms with Crippen molar-refractivity contribution in [1.29, 1.82) is 0 Å². The summed E-state index contributed by atoms with van der Waals surface area (Å²) in [7, 11) is -1.74. The van der Waals surface area contributed by atoms with Gasteiger partial charge in [0, 0.05) is 28.9 Å². The fourth-order valence-corrected chi connectivity index (χ4v) is 5.85. The second kappa shape index (κ2) is 9.41. The van der Waals surface area contributed by atoms with Crippen molar-refractivity contribution in [2.45, 2.75) is 44.2 Å². The number of rotatable bonds is 8. The molecule has 3 rings (SSSR count). The van der Waals surface area contributed by atoms with Gasteiger partial charge in [-0.3, -0.25) is 4.31 Å². The second-order valence-corrected chi connectivity index (χ2v) is 10.5. The molecular weight excluding hydrogens is 386 g/mol. The van der Waals surface area contributed by atoms with E-state index < -0.39 is 9.39 Å². The maximum absolute atomic E-state index is 6.12.